The lowest BCUT2D eigenvalue weighted by Gasteiger charge is -2.15. The molecule has 0 aliphatic carbocycles. The molecular weight excluding hydrogens is 440 g/mol. The Morgan fingerprint density at radius 3 is 2.55 bits per heavy atom. The molecule has 0 amide bonds. The van der Waals surface area contributed by atoms with Gasteiger partial charge >= 0.3 is 5.56 Å². The third kappa shape index (κ3) is 5.71. The van der Waals surface area contributed by atoms with Crippen molar-refractivity contribution < 1.29 is 9.47 Å². The standard InChI is InChI=1S/C25H23ClN4O3/c26-19-7-5-8-20(15-19)30-25(31)24(23(16-29-30)28-13-12-27)32-17-18-6-4-11-22(14-18)33-21-9-2-1-3-10-21/h1-11,14-16,28H,12-13,17,27H2. The molecule has 0 unspecified atom stereocenters. The highest BCUT2D eigenvalue weighted by Crippen LogP contribution is 2.24. The van der Waals surface area contributed by atoms with Crippen molar-refractivity contribution in [1.29, 1.82) is 0 Å². The van der Waals surface area contributed by atoms with Crippen LogP contribution in [0.15, 0.2) is 89.9 Å². The van der Waals surface area contributed by atoms with E-state index in [-0.39, 0.29) is 12.4 Å². The van der Waals surface area contributed by atoms with Crippen LogP contribution in [0.4, 0.5) is 5.69 Å². The van der Waals surface area contributed by atoms with Gasteiger partial charge in [0, 0.05) is 18.1 Å². The smallest absolute Gasteiger partial charge is 0.316 e. The van der Waals surface area contributed by atoms with E-state index in [4.69, 9.17) is 26.8 Å². The van der Waals surface area contributed by atoms with Crippen LogP contribution < -0.4 is 26.1 Å². The van der Waals surface area contributed by atoms with Crippen LogP contribution in [0, 0.1) is 0 Å². The van der Waals surface area contributed by atoms with E-state index in [0.29, 0.717) is 35.2 Å². The second kappa shape index (κ2) is 10.7. The number of nitrogens with one attached hydrogen (secondary N) is 1. The minimum atomic E-state index is -0.407. The second-order valence-corrected chi connectivity index (χ2v) is 7.59. The predicted molar refractivity (Wildman–Crippen MR) is 130 cm³/mol. The minimum absolute atomic E-state index is 0.146. The molecular formula is C25H23ClN4O3. The third-order valence-corrected chi connectivity index (χ3v) is 4.94. The molecule has 0 saturated carbocycles. The van der Waals surface area contributed by atoms with E-state index in [2.05, 4.69) is 10.4 Å². The summed E-state index contributed by atoms with van der Waals surface area (Å²) in [4.78, 5) is 13.2. The molecule has 0 bridgehead atoms. The van der Waals surface area contributed by atoms with Crippen LogP contribution in [-0.2, 0) is 6.61 Å². The molecule has 1 heterocycles. The maximum atomic E-state index is 13.2. The fourth-order valence-electron chi connectivity index (χ4n) is 3.18. The number of ether oxygens (including phenoxy) is 2. The van der Waals surface area contributed by atoms with Crippen molar-refractivity contribution in [2.45, 2.75) is 6.61 Å². The van der Waals surface area contributed by atoms with Gasteiger partial charge in [0.1, 0.15) is 23.8 Å². The van der Waals surface area contributed by atoms with Gasteiger partial charge in [0.2, 0.25) is 5.75 Å². The largest absolute Gasteiger partial charge is 0.481 e. The summed E-state index contributed by atoms with van der Waals surface area (Å²) in [6.45, 7) is 1.03. The summed E-state index contributed by atoms with van der Waals surface area (Å²) in [7, 11) is 0. The fourth-order valence-corrected chi connectivity index (χ4v) is 3.37. The normalized spacial score (nSPS) is 10.6. The summed E-state index contributed by atoms with van der Waals surface area (Å²) in [5.74, 6) is 1.56. The van der Waals surface area contributed by atoms with E-state index in [1.807, 2.05) is 54.6 Å². The zero-order chi connectivity index (χ0) is 23.0. The van der Waals surface area contributed by atoms with Crippen molar-refractivity contribution in [3.8, 4) is 22.9 Å². The van der Waals surface area contributed by atoms with Crippen LogP contribution in [0.25, 0.3) is 5.69 Å². The van der Waals surface area contributed by atoms with E-state index in [9.17, 15) is 4.79 Å². The topological polar surface area (TPSA) is 91.4 Å². The quantitative estimate of drug-likeness (QED) is 0.377. The highest BCUT2D eigenvalue weighted by atomic mass is 35.5. The van der Waals surface area contributed by atoms with Crippen LogP contribution >= 0.6 is 11.6 Å². The summed E-state index contributed by atoms with van der Waals surface area (Å²) < 4.78 is 13.1. The average Bonchev–Trinajstić information content (AvgIpc) is 2.83. The van der Waals surface area contributed by atoms with Gasteiger partial charge in [-0.3, -0.25) is 4.79 Å². The van der Waals surface area contributed by atoms with Crippen molar-refractivity contribution in [3.63, 3.8) is 0 Å². The Morgan fingerprint density at radius 2 is 1.76 bits per heavy atom. The molecule has 33 heavy (non-hydrogen) atoms. The van der Waals surface area contributed by atoms with Crippen LogP contribution in [0.3, 0.4) is 0 Å². The number of para-hydroxylation sites is 1. The summed E-state index contributed by atoms with van der Waals surface area (Å²) >= 11 is 6.09. The molecule has 1 aromatic heterocycles. The number of aromatic nitrogens is 2. The SMILES string of the molecule is NCCNc1cnn(-c2cccc(Cl)c2)c(=O)c1OCc1cccc(Oc2ccccc2)c1. The van der Waals surface area contributed by atoms with Crippen molar-refractivity contribution in [2.24, 2.45) is 5.73 Å². The molecule has 3 aromatic carbocycles. The van der Waals surface area contributed by atoms with E-state index in [0.717, 1.165) is 11.3 Å². The van der Waals surface area contributed by atoms with Gasteiger partial charge in [0.25, 0.3) is 0 Å². The molecule has 7 nitrogen and oxygen atoms in total. The first-order chi connectivity index (χ1) is 16.1. The van der Waals surface area contributed by atoms with E-state index in [1.54, 1.807) is 30.5 Å². The predicted octanol–water partition coefficient (Wildman–Crippen LogP) is 4.63. The Kier molecular flexibility index (Phi) is 7.24. The molecule has 0 fully saturated rings. The van der Waals surface area contributed by atoms with Crippen molar-refractivity contribution >= 4 is 17.3 Å². The maximum absolute atomic E-state index is 13.2. The summed E-state index contributed by atoms with van der Waals surface area (Å²) in [5.41, 5.74) is 7.07. The van der Waals surface area contributed by atoms with Gasteiger partial charge in [0.05, 0.1) is 11.9 Å². The summed E-state index contributed by atoms with van der Waals surface area (Å²) in [6.07, 6.45) is 1.54. The molecule has 8 heteroatoms. The first-order valence-electron chi connectivity index (χ1n) is 10.4. The van der Waals surface area contributed by atoms with Crippen LogP contribution in [0.5, 0.6) is 17.2 Å². The van der Waals surface area contributed by atoms with Gasteiger partial charge in [-0.25, -0.2) is 0 Å². The lowest BCUT2D eigenvalue weighted by molar-refractivity contribution is 0.300. The van der Waals surface area contributed by atoms with Gasteiger partial charge in [-0.15, -0.1) is 0 Å². The molecule has 0 saturated heterocycles. The second-order valence-electron chi connectivity index (χ2n) is 7.15. The zero-order valence-corrected chi connectivity index (χ0v) is 18.5. The number of halogens is 1. The van der Waals surface area contributed by atoms with E-state index < -0.39 is 5.56 Å². The lowest BCUT2D eigenvalue weighted by atomic mass is 10.2. The van der Waals surface area contributed by atoms with Crippen molar-refractivity contribution in [2.75, 3.05) is 18.4 Å². The Bertz CT molecular complexity index is 1280. The number of nitrogens with zero attached hydrogens (tertiary/aromatic N) is 2. The number of nitrogens with two attached hydrogens (primary N) is 1. The highest BCUT2D eigenvalue weighted by molar-refractivity contribution is 6.30. The molecule has 0 aliphatic heterocycles. The minimum Gasteiger partial charge on any atom is -0.481 e. The number of rotatable bonds is 9. The third-order valence-electron chi connectivity index (χ3n) is 4.71. The molecule has 4 aromatic rings. The molecule has 0 aliphatic rings. The molecule has 4 rings (SSSR count). The van der Waals surface area contributed by atoms with Gasteiger partial charge in [-0.05, 0) is 48.0 Å². The number of hydrogen-bond acceptors (Lipinski definition) is 6. The highest BCUT2D eigenvalue weighted by Gasteiger charge is 2.15. The molecule has 0 spiro atoms. The Hall–Kier alpha value is -3.81. The maximum Gasteiger partial charge on any atom is 0.316 e. The van der Waals surface area contributed by atoms with E-state index in [1.165, 1.54) is 4.68 Å². The number of anilines is 1. The first-order valence-corrected chi connectivity index (χ1v) is 10.8. The summed E-state index contributed by atoms with van der Waals surface area (Å²) in [5, 5.41) is 7.86. The molecule has 0 atom stereocenters. The Morgan fingerprint density at radius 1 is 0.970 bits per heavy atom. The first kappa shape index (κ1) is 22.4. The van der Waals surface area contributed by atoms with Crippen LogP contribution in [0.2, 0.25) is 5.02 Å². The fraction of sp³-hybridized carbons (Fsp3) is 0.120. The zero-order valence-electron chi connectivity index (χ0n) is 17.8. The molecule has 168 valence electrons. The average molecular weight is 463 g/mol. The van der Waals surface area contributed by atoms with Gasteiger partial charge < -0.3 is 20.5 Å². The van der Waals surface area contributed by atoms with Crippen molar-refractivity contribution in [1.82, 2.24) is 9.78 Å². The van der Waals surface area contributed by atoms with Crippen molar-refractivity contribution in [3.05, 3.63) is 106 Å². The number of benzene rings is 3. The van der Waals surface area contributed by atoms with Gasteiger partial charge in [0.15, 0.2) is 0 Å². The molecule has 0 radical (unpaired) electrons. The Balaban J connectivity index is 1.59. The number of hydrogen-bond donors (Lipinski definition) is 2. The van der Waals surface area contributed by atoms with Crippen LogP contribution in [-0.4, -0.2) is 22.9 Å². The van der Waals surface area contributed by atoms with Crippen LogP contribution in [0.1, 0.15) is 5.56 Å². The Labute approximate surface area is 196 Å². The van der Waals surface area contributed by atoms with Gasteiger partial charge in [-0.1, -0.05) is 48.0 Å². The summed E-state index contributed by atoms with van der Waals surface area (Å²) in [6, 6.07) is 23.9. The van der Waals surface area contributed by atoms with Gasteiger partial charge in [-0.2, -0.15) is 9.78 Å². The molecule has 3 N–H and O–H groups in total. The van der Waals surface area contributed by atoms with E-state index >= 15 is 0 Å². The monoisotopic (exact) mass is 462 g/mol. The lowest BCUT2D eigenvalue weighted by Crippen LogP contribution is -2.25.